The Morgan fingerprint density at radius 3 is 2.73 bits per heavy atom. The second kappa shape index (κ2) is 12.7. The Kier molecular flexibility index (Phi) is 9.10. The highest BCUT2D eigenvalue weighted by atomic mass is 79.9. The summed E-state index contributed by atoms with van der Waals surface area (Å²) in [6.45, 7) is 5.28. The van der Waals surface area contributed by atoms with Gasteiger partial charge in [0.05, 0.1) is 6.04 Å². The fraction of sp³-hybridized carbons (Fsp3) is 0.567. The normalized spacial score (nSPS) is 28.5. The maximum atomic E-state index is 14.1. The van der Waals surface area contributed by atoms with E-state index in [1.165, 1.54) is 9.70 Å². The van der Waals surface area contributed by atoms with Gasteiger partial charge in [-0.15, -0.1) is 10.2 Å². The first kappa shape index (κ1) is 31.6. The topological polar surface area (TPSA) is 169 Å². The number of rotatable bonds is 4. The van der Waals surface area contributed by atoms with Crippen LogP contribution in [0.4, 0.5) is 4.79 Å². The smallest absolute Gasteiger partial charge is 0.408 e. The zero-order valence-corrected chi connectivity index (χ0v) is 26.6. The van der Waals surface area contributed by atoms with Gasteiger partial charge in [0.2, 0.25) is 17.6 Å². The molecular formula is C30H38BrN7O6. The van der Waals surface area contributed by atoms with Gasteiger partial charge in [-0.05, 0) is 63.8 Å². The van der Waals surface area contributed by atoms with Gasteiger partial charge in [0.15, 0.2) is 0 Å². The van der Waals surface area contributed by atoms with E-state index in [-0.39, 0.29) is 25.3 Å². The lowest BCUT2D eigenvalue weighted by atomic mass is 10.0. The summed E-state index contributed by atoms with van der Waals surface area (Å²) in [5.74, 6) is -2.08. The Morgan fingerprint density at radius 1 is 1.20 bits per heavy atom. The van der Waals surface area contributed by atoms with Crippen LogP contribution >= 0.6 is 15.9 Å². The summed E-state index contributed by atoms with van der Waals surface area (Å²) < 4.78 is 6.29. The van der Waals surface area contributed by atoms with Gasteiger partial charge < -0.3 is 25.4 Å². The molecule has 1 saturated carbocycles. The minimum absolute atomic E-state index is 0.0705. The van der Waals surface area contributed by atoms with Gasteiger partial charge in [-0.1, -0.05) is 53.1 Å². The summed E-state index contributed by atoms with van der Waals surface area (Å²) in [6.07, 6.45) is 6.94. The fourth-order valence-electron chi connectivity index (χ4n) is 5.82. The number of tetrazole rings is 1. The molecule has 5 atom stereocenters. The van der Waals surface area contributed by atoms with Crippen LogP contribution in [-0.2, 0) is 19.1 Å². The number of hydrogen-bond donors (Lipinski definition) is 3. The first-order chi connectivity index (χ1) is 20.9. The fourth-order valence-corrected chi connectivity index (χ4v) is 6.22. The molecule has 2 aliphatic heterocycles. The third-order valence-electron chi connectivity index (χ3n) is 8.17. The predicted octanol–water partition coefficient (Wildman–Crippen LogP) is 3.62. The SMILES string of the molecule is CC(C)(C)OC(=O)NC1CCCCC/C=C\C2CC2(C(=O)O)NC(=O)C2C[C@@H](n3nnc(-c4cccc(Br)c4)n3)CN2C1=O. The van der Waals surface area contributed by atoms with Crippen LogP contribution in [0.3, 0.4) is 0 Å². The molecule has 1 aromatic heterocycles. The molecule has 2 aromatic rings. The molecule has 13 nitrogen and oxygen atoms in total. The molecule has 3 N–H and O–H groups in total. The number of ether oxygens (including phenoxy) is 1. The number of amides is 3. The number of carboxylic acid groups (broad SMARTS) is 1. The highest BCUT2D eigenvalue weighted by Crippen LogP contribution is 2.45. The lowest BCUT2D eigenvalue weighted by Crippen LogP contribution is -2.56. The average Bonchev–Trinajstić information content (AvgIpc) is 3.27. The van der Waals surface area contributed by atoms with Gasteiger partial charge in [0.1, 0.15) is 23.2 Å². The van der Waals surface area contributed by atoms with Crippen molar-refractivity contribution in [2.45, 2.75) is 95.0 Å². The lowest BCUT2D eigenvalue weighted by Gasteiger charge is -2.30. The standard InChI is InChI=1S/C30H38BrN7O6/c1-29(2,3)44-28(43)32-22-13-8-6-4-5-7-11-19-16-30(19,27(41)42)33-25(39)23-15-21(17-37(23)26(22)40)38-35-24(34-36-38)18-10-9-12-20(31)14-18/h7,9-12,14,19,21-23H,4-6,8,13,15-17H2,1-3H3,(H,32,43)(H,33,39)(H,41,42)/b11-7-/t19?,21-,22?,23?,30?/m1/s1. The second-order valence-electron chi connectivity index (χ2n) is 12.7. The van der Waals surface area contributed by atoms with E-state index in [1.54, 1.807) is 20.8 Å². The maximum Gasteiger partial charge on any atom is 0.408 e. The predicted molar refractivity (Wildman–Crippen MR) is 162 cm³/mol. The largest absolute Gasteiger partial charge is 0.479 e. The van der Waals surface area contributed by atoms with E-state index in [4.69, 9.17) is 4.74 Å². The number of carboxylic acids is 1. The minimum atomic E-state index is -1.42. The molecule has 2 fully saturated rings. The molecule has 3 aliphatic rings. The number of allylic oxidation sites excluding steroid dienone is 1. The zero-order chi connectivity index (χ0) is 31.6. The molecule has 4 unspecified atom stereocenters. The molecule has 0 radical (unpaired) electrons. The van der Waals surface area contributed by atoms with Crippen molar-refractivity contribution in [3.05, 3.63) is 40.9 Å². The van der Waals surface area contributed by atoms with E-state index >= 15 is 0 Å². The van der Waals surface area contributed by atoms with Crippen molar-refractivity contribution in [3.8, 4) is 11.4 Å². The van der Waals surface area contributed by atoms with Crippen LogP contribution in [0.5, 0.6) is 0 Å². The first-order valence-electron chi connectivity index (χ1n) is 14.9. The Morgan fingerprint density at radius 2 is 2.00 bits per heavy atom. The Bertz CT molecular complexity index is 1460. The number of hydrogen-bond acceptors (Lipinski definition) is 8. The van der Waals surface area contributed by atoms with E-state index < -0.39 is 53.1 Å². The number of nitrogens with zero attached hydrogens (tertiary/aromatic N) is 5. The van der Waals surface area contributed by atoms with Crippen LogP contribution < -0.4 is 10.6 Å². The lowest BCUT2D eigenvalue weighted by molar-refractivity contribution is -0.145. The Hall–Kier alpha value is -3.81. The van der Waals surface area contributed by atoms with E-state index in [2.05, 4.69) is 42.0 Å². The molecule has 1 aliphatic carbocycles. The van der Waals surface area contributed by atoms with Crippen LogP contribution in [0.1, 0.15) is 71.8 Å². The molecule has 1 aromatic carbocycles. The first-order valence-corrected chi connectivity index (χ1v) is 15.7. The van der Waals surface area contributed by atoms with Crippen molar-refractivity contribution in [1.29, 1.82) is 0 Å². The number of nitrogens with one attached hydrogen (secondary N) is 2. The van der Waals surface area contributed by atoms with E-state index in [0.717, 1.165) is 29.3 Å². The number of halogens is 1. The van der Waals surface area contributed by atoms with E-state index in [0.29, 0.717) is 18.7 Å². The molecule has 5 rings (SSSR count). The number of alkyl carbamates (subject to hydrolysis) is 1. The molecule has 0 spiro atoms. The van der Waals surface area contributed by atoms with Gasteiger partial charge in [-0.2, -0.15) is 4.80 Å². The summed E-state index contributed by atoms with van der Waals surface area (Å²) in [5, 5.41) is 28.5. The number of aromatic nitrogens is 4. The average molecular weight is 673 g/mol. The molecule has 3 heterocycles. The third kappa shape index (κ3) is 7.11. The maximum absolute atomic E-state index is 14.1. The van der Waals surface area contributed by atoms with Gasteiger partial charge >= 0.3 is 12.1 Å². The molecular weight excluding hydrogens is 634 g/mol. The number of fused-ring (bicyclic) bond motifs is 2. The van der Waals surface area contributed by atoms with Gasteiger partial charge in [-0.25, -0.2) is 9.59 Å². The van der Waals surface area contributed by atoms with Crippen LogP contribution in [0, 0.1) is 5.92 Å². The monoisotopic (exact) mass is 671 g/mol. The van der Waals surface area contributed by atoms with Gasteiger partial charge in [0, 0.05) is 28.9 Å². The summed E-state index contributed by atoms with van der Waals surface area (Å²) in [5.41, 5.74) is -1.45. The number of carbonyl (C=O) groups excluding carboxylic acids is 3. The highest BCUT2D eigenvalue weighted by Gasteiger charge is 2.61. The summed E-state index contributed by atoms with van der Waals surface area (Å²) >= 11 is 3.44. The van der Waals surface area contributed by atoms with Crippen molar-refractivity contribution >= 4 is 39.8 Å². The quantitative estimate of drug-likeness (QED) is 0.411. The van der Waals surface area contributed by atoms with Crippen molar-refractivity contribution in [1.82, 2.24) is 35.7 Å². The van der Waals surface area contributed by atoms with Crippen LogP contribution in [0.2, 0.25) is 0 Å². The highest BCUT2D eigenvalue weighted by molar-refractivity contribution is 9.10. The van der Waals surface area contributed by atoms with Gasteiger partial charge in [-0.3, -0.25) is 9.59 Å². The molecule has 236 valence electrons. The molecule has 0 bridgehead atoms. The second-order valence-corrected chi connectivity index (χ2v) is 13.6. The van der Waals surface area contributed by atoms with Crippen molar-refractivity contribution in [2.24, 2.45) is 5.92 Å². The van der Waals surface area contributed by atoms with Crippen LogP contribution in [0.15, 0.2) is 40.9 Å². The van der Waals surface area contributed by atoms with Crippen LogP contribution in [-0.4, -0.2) is 83.9 Å². The molecule has 44 heavy (non-hydrogen) atoms. The molecule has 14 heteroatoms. The summed E-state index contributed by atoms with van der Waals surface area (Å²) in [7, 11) is 0. The van der Waals surface area contributed by atoms with Crippen LogP contribution in [0.25, 0.3) is 11.4 Å². The third-order valence-corrected chi connectivity index (χ3v) is 8.66. The van der Waals surface area contributed by atoms with Crippen molar-refractivity contribution in [3.63, 3.8) is 0 Å². The number of benzene rings is 1. The number of carbonyl (C=O) groups is 4. The van der Waals surface area contributed by atoms with Gasteiger partial charge in [0.25, 0.3) is 0 Å². The zero-order valence-electron chi connectivity index (χ0n) is 25.0. The van der Waals surface area contributed by atoms with E-state index in [9.17, 15) is 24.3 Å². The van der Waals surface area contributed by atoms with Crippen molar-refractivity contribution < 1.29 is 29.0 Å². The summed E-state index contributed by atoms with van der Waals surface area (Å²) in [4.78, 5) is 55.8. The number of aliphatic carboxylic acids is 1. The summed E-state index contributed by atoms with van der Waals surface area (Å²) in [6, 6.07) is 4.97. The molecule has 3 amide bonds. The van der Waals surface area contributed by atoms with E-state index in [1.807, 2.05) is 36.4 Å². The minimum Gasteiger partial charge on any atom is -0.479 e. The molecule has 1 saturated heterocycles. The van der Waals surface area contributed by atoms with Crippen molar-refractivity contribution in [2.75, 3.05) is 6.54 Å². The Labute approximate surface area is 263 Å². The Balaban J connectivity index is 1.44.